The highest BCUT2D eigenvalue weighted by molar-refractivity contribution is 5.55. The summed E-state index contributed by atoms with van der Waals surface area (Å²) in [5.41, 5.74) is 0. The van der Waals surface area contributed by atoms with Crippen molar-refractivity contribution >= 4 is 6.29 Å². The largest absolute Gasteiger partial charge is 1.00 e. The first kappa shape index (κ1) is 10.5. The van der Waals surface area contributed by atoms with Crippen molar-refractivity contribution in [2.24, 2.45) is 0 Å². The molecule has 0 saturated carbocycles. The number of aldehydes is 1. The van der Waals surface area contributed by atoms with Crippen LogP contribution in [-0.2, 0) is 4.79 Å². The summed E-state index contributed by atoms with van der Waals surface area (Å²) in [6, 6.07) is 0. The van der Waals surface area contributed by atoms with Crippen molar-refractivity contribution in [3.05, 3.63) is 0 Å². The summed E-state index contributed by atoms with van der Waals surface area (Å²) in [5, 5.41) is 34.6. The van der Waals surface area contributed by atoms with Crippen molar-refractivity contribution in [3.8, 4) is 0 Å². The van der Waals surface area contributed by atoms with E-state index in [4.69, 9.17) is 20.4 Å². The van der Waals surface area contributed by atoms with Gasteiger partial charge < -0.3 is 25.2 Å². The van der Waals surface area contributed by atoms with E-state index in [2.05, 4.69) is 0 Å². The summed E-state index contributed by atoms with van der Waals surface area (Å²) in [4.78, 5) is 9.85. The molecule has 0 aliphatic carbocycles. The van der Waals surface area contributed by atoms with Gasteiger partial charge in [0, 0.05) is 6.42 Å². The van der Waals surface area contributed by atoms with E-state index >= 15 is 0 Å². The Balaban J connectivity index is 0. The van der Waals surface area contributed by atoms with Gasteiger partial charge in [0.1, 0.15) is 18.5 Å². The van der Waals surface area contributed by atoms with Crippen LogP contribution < -0.4 is 0 Å². The summed E-state index contributed by atoms with van der Waals surface area (Å²) in [5.74, 6) is 0. The molecule has 0 spiro atoms. The zero-order valence-corrected chi connectivity index (χ0v) is 5.92. The molecule has 5 heteroatoms. The summed E-state index contributed by atoms with van der Waals surface area (Å²) in [7, 11) is 0. The molecule has 0 amide bonds. The van der Waals surface area contributed by atoms with Crippen LogP contribution in [0, 0.1) is 0 Å². The van der Waals surface area contributed by atoms with Gasteiger partial charge >= 0.3 is 1.43 Å². The van der Waals surface area contributed by atoms with Crippen molar-refractivity contribution in [1.82, 2.24) is 0 Å². The van der Waals surface area contributed by atoms with E-state index in [0.29, 0.717) is 0 Å². The lowest BCUT2D eigenvalue weighted by atomic mass is 10.1. The number of aliphatic hydroxyl groups is 4. The van der Waals surface area contributed by atoms with Gasteiger partial charge in [-0.05, 0) is 0 Å². The van der Waals surface area contributed by atoms with Crippen LogP contribution in [0.25, 0.3) is 0 Å². The summed E-state index contributed by atoms with van der Waals surface area (Å²) < 4.78 is 0. The maximum absolute atomic E-state index is 9.85. The fourth-order valence-corrected chi connectivity index (χ4v) is 0.582. The van der Waals surface area contributed by atoms with Crippen LogP contribution in [0.1, 0.15) is 7.85 Å². The number of carbonyl (C=O) groups is 1. The molecule has 0 radical (unpaired) electrons. The second-order valence-electron chi connectivity index (χ2n) is 2.26. The van der Waals surface area contributed by atoms with Crippen LogP contribution in [0.4, 0.5) is 0 Å². The van der Waals surface area contributed by atoms with Gasteiger partial charge in [-0.1, -0.05) is 0 Å². The Labute approximate surface area is 65.4 Å². The molecule has 0 aliphatic rings. The topological polar surface area (TPSA) is 98.0 Å². The minimum atomic E-state index is -1.30. The Morgan fingerprint density at radius 1 is 1.27 bits per heavy atom. The van der Waals surface area contributed by atoms with Crippen LogP contribution >= 0.6 is 0 Å². The minimum absolute atomic E-state index is 0. The van der Waals surface area contributed by atoms with Crippen molar-refractivity contribution in [2.45, 2.75) is 24.7 Å². The van der Waals surface area contributed by atoms with Crippen molar-refractivity contribution in [3.63, 3.8) is 0 Å². The first-order chi connectivity index (χ1) is 5.11. The van der Waals surface area contributed by atoms with Gasteiger partial charge in [0.2, 0.25) is 0 Å². The summed E-state index contributed by atoms with van der Waals surface area (Å²) in [6.45, 7) is -0.591. The van der Waals surface area contributed by atoms with E-state index in [9.17, 15) is 4.79 Å². The first-order valence-electron chi connectivity index (χ1n) is 3.22. The normalized spacial score (nSPS) is 18.9. The fraction of sp³-hybridized carbons (Fsp3) is 0.833. The number of rotatable bonds is 5. The van der Waals surface area contributed by atoms with Crippen LogP contribution in [0.15, 0.2) is 0 Å². The predicted molar refractivity (Wildman–Crippen MR) is 36.9 cm³/mol. The Hall–Kier alpha value is -0.490. The van der Waals surface area contributed by atoms with Crippen LogP contribution in [-0.4, -0.2) is 51.6 Å². The molecule has 0 saturated heterocycles. The van der Waals surface area contributed by atoms with Gasteiger partial charge in [-0.15, -0.1) is 0 Å². The van der Waals surface area contributed by atoms with Crippen LogP contribution in [0.2, 0.25) is 0 Å². The fourth-order valence-electron chi connectivity index (χ4n) is 0.582. The Morgan fingerprint density at radius 3 is 2.18 bits per heavy atom. The maximum atomic E-state index is 9.85. The molecule has 3 atom stereocenters. The third-order valence-corrected chi connectivity index (χ3v) is 1.27. The molecular weight excluding hydrogens is 152 g/mol. The molecule has 0 aromatic rings. The zero-order valence-electron chi connectivity index (χ0n) is 6.92. The lowest BCUT2D eigenvalue weighted by Crippen LogP contribution is -2.33. The molecule has 0 heterocycles. The molecule has 4 N–H and O–H groups in total. The van der Waals surface area contributed by atoms with Gasteiger partial charge in [0.15, 0.2) is 0 Å². The van der Waals surface area contributed by atoms with E-state index in [0.717, 1.165) is 0 Å². The summed E-state index contributed by atoms with van der Waals surface area (Å²) >= 11 is 0. The second-order valence-corrected chi connectivity index (χ2v) is 2.26. The van der Waals surface area contributed by atoms with E-state index in [1.807, 2.05) is 0 Å². The van der Waals surface area contributed by atoms with Crippen LogP contribution in [0.5, 0.6) is 0 Å². The number of hydrogen-bond donors (Lipinski definition) is 4. The van der Waals surface area contributed by atoms with E-state index in [1.54, 1.807) is 0 Å². The monoisotopic (exact) mass is 165 g/mol. The van der Waals surface area contributed by atoms with E-state index in [-0.39, 0.29) is 14.1 Å². The third-order valence-electron chi connectivity index (χ3n) is 1.27. The van der Waals surface area contributed by atoms with Gasteiger partial charge in [0.05, 0.1) is 12.7 Å². The number of aliphatic hydroxyl groups excluding tert-OH is 4. The predicted octanol–water partition coefficient (Wildman–Crippen LogP) is -2.24. The van der Waals surface area contributed by atoms with Crippen LogP contribution in [0.3, 0.4) is 0 Å². The third kappa shape index (κ3) is 4.05. The zero-order chi connectivity index (χ0) is 8.85. The molecular formula is C6H13O5+. The Bertz CT molecular complexity index is 121. The highest BCUT2D eigenvalue weighted by Gasteiger charge is 2.18. The van der Waals surface area contributed by atoms with Crippen molar-refractivity contribution in [1.29, 1.82) is 0 Å². The van der Waals surface area contributed by atoms with Gasteiger partial charge in [-0.3, -0.25) is 0 Å². The Kier molecular flexibility index (Phi) is 4.97. The lowest BCUT2D eigenvalue weighted by Gasteiger charge is -2.15. The minimum Gasteiger partial charge on any atom is -0.394 e. The summed E-state index contributed by atoms with van der Waals surface area (Å²) in [6.07, 6.45) is -3.85. The van der Waals surface area contributed by atoms with Gasteiger partial charge in [0.25, 0.3) is 0 Å². The molecule has 0 fully saturated rings. The lowest BCUT2D eigenvalue weighted by molar-refractivity contribution is -0.117. The quantitative estimate of drug-likeness (QED) is 0.345. The van der Waals surface area contributed by atoms with Crippen molar-refractivity contribution in [2.75, 3.05) is 6.61 Å². The molecule has 0 aromatic heterocycles. The molecule has 66 valence electrons. The SMILES string of the molecule is O=C[C@H](O)C[C@H](O)[C@H](O)CO.[H+]. The van der Waals surface area contributed by atoms with Gasteiger partial charge in [-0.2, -0.15) is 0 Å². The Morgan fingerprint density at radius 2 is 1.82 bits per heavy atom. The van der Waals surface area contributed by atoms with E-state index < -0.39 is 24.9 Å². The molecule has 0 aliphatic heterocycles. The average Bonchev–Trinajstić information content (AvgIpc) is 2.02. The molecule has 11 heavy (non-hydrogen) atoms. The van der Waals surface area contributed by atoms with E-state index in [1.165, 1.54) is 0 Å². The number of hydrogen-bond acceptors (Lipinski definition) is 5. The molecule has 0 bridgehead atoms. The second kappa shape index (κ2) is 5.20. The smallest absolute Gasteiger partial charge is 0.394 e. The van der Waals surface area contributed by atoms with Crippen molar-refractivity contribution < 1.29 is 26.6 Å². The molecule has 0 aromatic carbocycles. The number of carbonyl (C=O) groups excluding carboxylic acids is 1. The average molecular weight is 165 g/mol. The first-order valence-corrected chi connectivity index (χ1v) is 3.22. The molecule has 0 rings (SSSR count). The highest BCUT2D eigenvalue weighted by Crippen LogP contribution is 2.00. The maximum Gasteiger partial charge on any atom is 1.00 e. The highest BCUT2D eigenvalue weighted by atomic mass is 16.4. The molecule has 5 nitrogen and oxygen atoms in total. The molecule has 0 unspecified atom stereocenters. The standard InChI is InChI=1S/C6H12O5/c7-2-4(9)1-5(10)6(11)3-8/h2,4-6,8-11H,1,3H2/p+1/t4-,5+,6-/m1/s1. The van der Waals surface area contributed by atoms with Gasteiger partial charge in [-0.25, -0.2) is 0 Å².